The molecule has 0 aliphatic heterocycles. The van der Waals surface area contributed by atoms with Crippen LogP contribution in [0.1, 0.15) is 26.7 Å². The van der Waals surface area contributed by atoms with Crippen LogP contribution < -0.4 is 5.32 Å². The molecular formula is C10H19ClN2O2. The van der Waals surface area contributed by atoms with Gasteiger partial charge in [0.15, 0.2) is 0 Å². The molecule has 0 saturated heterocycles. The Labute approximate surface area is 96.0 Å². The molecule has 0 spiro atoms. The summed E-state index contributed by atoms with van der Waals surface area (Å²) in [6.07, 6.45) is 1.71. The Morgan fingerprint density at radius 2 is 1.93 bits per heavy atom. The molecule has 0 aromatic carbocycles. The van der Waals surface area contributed by atoms with Crippen LogP contribution in [0.25, 0.3) is 0 Å². The quantitative estimate of drug-likeness (QED) is 0.668. The van der Waals surface area contributed by atoms with E-state index in [1.54, 1.807) is 0 Å². The second-order valence-electron chi connectivity index (χ2n) is 3.30. The number of halogens is 1. The van der Waals surface area contributed by atoms with Crippen molar-refractivity contribution in [3.63, 3.8) is 0 Å². The number of alkyl halides is 1. The van der Waals surface area contributed by atoms with Gasteiger partial charge in [-0.1, -0.05) is 13.8 Å². The highest BCUT2D eigenvalue weighted by Crippen LogP contribution is 1.94. The number of carbonyl (C=O) groups excluding carboxylic acids is 2. The van der Waals surface area contributed by atoms with Crippen molar-refractivity contribution in [2.45, 2.75) is 26.7 Å². The number of carbonyl (C=O) groups is 2. The predicted molar refractivity (Wildman–Crippen MR) is 60.9 cm³/mol. The van der Waals surface area contributed by atoms with Gasteiger partial charge in [-0.3, -0.25) is 9.59 Å². The molecule has 0 aliphatic rings. The number of nitrogens with zero attached hydrogens (tertiary/aromatic N) is 1. The van der Waals surface area contributed by atoms with E-state index in [2.05, 4.69) is 5.32 Å². The first-order valence-electron chi connectivity index (χ1n) is 5.26. The Morgan fingerprint density at radius 3 is 2.40 bits per heavy atom. The molecule has 0 bridgehead atoms. The van der Waals surface area contributed by atoms with Gasteiger partial charge in [-0.2, -0.15) is 0 Å². The average Bonchev–Trinajstić information content (AvgIpc) is 2.24. The summed E-state index contributed by atoms with van der Waals surface area (Å²) in [5.74, 6) is -0.380. The van der Waals surface area contributed by atoms with Crippen molar-refractivity contribution >= 4 is 23.4 Å². The molecule has 0 aromatic rings. The molecule has 0 aliphatic carbocycles. The molecular weight excluding hydrogens is 216 g/mol. The summed E-state index contributed by atoms with van der Waals surface area (Å²) in [4.78, 5) is 24.2. The van der Waals surface area contributed by atoms with Crippen molar-refractivity contribution in [3.05, 3.63) is 0 Å². The van der Waals surface area contributed by atoms with E-state index < -0.39 is 0 Å². The van der Waals surface area contributed by atoms with E-state index in [4.69, 9.17) is 11.6 Å². The predicted octanol–water partition coefficient (Wildman–Crippen LogP) is 0.990. The van der Waals surface area contributed by atoms with Gasteiger partial charge in [0.05, 0.1) is 6.54 Å². The van der Waals surface area contributed by atoms with Gasteiger partial charge in [0, 0.05) is 13.1 Å². The van der Waals surface area contributed by atoms with Crippen LogP contribution in [-0.4, -0.2) is 42.2 Å². The van der Waals surface area contributed by atoms with Gasteiger partial charge in [0.2, 0.25) is 11.8 Å². The highest BCUT2D eigenvalue weighted by atomic mass is 35.5. The van der Waals surface area contributed by atoms with E-state index in [0.717, 1.165) is 12.8 Å². The number of hydrogen-bond donors (Lipinski definition) is 1. The van der Waals surface area contributed by atoms with E-state index in [9.17, 15) is 9.59 Å². The van der Waals surface area contributed by atoms with Crippen LogP contribution in [0.2, 0.25) is 0 Å². The maximum Gasteiger partial charge on any atom is 0.239 e. The minimum absolute atomic E-state index is 0.0684. The van der Waals surface area contributed by atoms with Gasteiger partial charge in [-0.25, -0.2) is 0 Å². The zero-order valence-electron chi connectivity index (χ0n) is 9.38. The van der Waals surface area contributed by atoms with Gasteiger partial charge in [-0.05, 0) is 12.8 Å². The summed E-state index contributed by atoms with van der Waals surface area (Å²) in [5.41, 5.74) is 0. The smallest absolute Gasteiger partial charge is 0.239 e. The molecule has 2 amide bonds. The van der Waals surface area contributed by atoms with Crippen molar-refractivity contribution in [1.82, 2.24) is 10.2 Å². The number of amides is 2. The fourth-order valence-corrected chi connectivity index (χ4v) is 1.31. The van der Waals surface area contributed by atoms with E-state index >= 15 is 0 Å². The molecule has 0 heterocycles. The highest BCUT2D eigenvalue weighted by molar-refractivity contribution is 6.27. The zero-order chi connectivity index (χ0) is 11.7. The highest BCUT2D eigenvalue weighted by Gasteiger charge is 2.14. The van der Waals surface area contributed by atoms with E-state index in [1.807, 2.05) is 13.8 Å². The van der Waals surface area contributed by atoms with Crippen LogP contribution in [0.5, 0.6) is 0 Å². The topological polar surface area (TPSA) is 49.4 Å². The first-order valence-corrected chi connectivity index (χ1v) is 5.79. The van der Waals surface area contributed by atoms with Crippen LogP contribution in [0, 0.1) is 0 Å². The first kappa shape index (κ1) is 14.2. The third-order valence-corrected chi connectivity index (χ3v) is 2.10. The molecule has 0 aromatic heterocycles. The molecule has 0 saturated carbocycles. The van der Waals surface area contributed by atoms with Crippen molar-refractivity contribution in [3.8, 4) is 0 Å². The largest absolute Gasteiger partial charge is 0.355 e. The van der Waals surface area contributed by atoms with Crippen molar-refractivity contribution in [1.29, 1.82) is 0 Å². The Kier molecular flexibility index (Phi) is 8.09. The minimum Gasteiger partial charge on any atom is -0.355 e. The number of rotatable bonds is 7. The normalized spacial score (nSPS) is 9.80. The van der Waals surface area contributed by atoms with Crippen LogP contribution in [0.3, 0.4) is 0 Å². The fourth-order valence-electron chi connectivity index (χ4n) is 1.14. The van der Waals surface area contributed by atoms with Gasteiger partial charge in [-0.15, -0.1) is 11.6 Å². The molecule has 0 rings (SSSR count). The van der Waals surface area contributed by atoms with Crippen LogP contribution >= 0.6 is 11.6 Å². The zero-order valence-corrected chi connectivity index (χ0v) is 10.1. The summed E-state index contributed by atoms with van der Waals surface area (Å²) >= 11 is 5.45. The minimum atomic E-state index is -0.190. The Balaban J connectivity index is 4.03. The Bertz CT molecular complexity index is 210. The Morgan fingerprint density at radius 1 is 1.27 bits per heavy atom. The second kappa shape index (κ2) is 8.53. The lowest BCUT2D eigenvalue weighted by Gasteiger charge is -2.20. The fraction of sp³-hybridized carbons (Fsp3) is 0.800. The number of nitrogens with one attached hydrogen (secondary N) is 1. The van der Waals surface area contributed by atoms with Gasteiger partial charge in [0.1, 0.15) is 5.88 Å². The molecule has 88 valence electrons. The molecule has 0 atom stereocenters. The molecule has 0 radical (unpaired) electrons. The summed E-state index contributed by atoms with van der Waals surface area (Å²) in [6, 6.07) is 0. The maximum atomic E-state index is 11.4. The van der Waals surface area contributed by atoms with Gasteiger partial charge >= 0.3 is 0 Å². The lowest BCUT2D eigenvalue weighted by atomic mass is 10.3. The van der Waals surface area contributed by atoms with Crippen LogP contribution in [0.15, 0.2) is 0 Å². The number of hydrogen-bond acceptors (Lipinski definition) is 2. The Hall–Kier alpha value is -0.770. The maximum absolute atomic E-state index is 11.4. The summed E-state index contributed by atoms with van der Waals surface area (Å²) in [5, 5.41) is 2.72. The first-order chi connectivity index (χ1) is 7.15. The van der Waals surface area contributed by atoms with E-state index in [-0.39, 0.29) is 24.2 Å². The third kappa shape index (κ3) is 6.33. The van der Waals surface area contributed by atoms with Crippen molar-refractivity contribution in [2.75, 3.05) is 25.5 Å². The molecule has 0 fully saturated rings. The summed E-state index contributed by atoms with van der Waals surface area (Å²) < 4.78 is 0. The molecule has 4 nitrogen and oxygen atoms in total. The lowest BCUT2D eigenvalue weighted by Crippen LogP contribution is -2.41. The molecule has 15 heavy (non-hydrogen) atoms. The van der Waals surface area contributed by atoms with Gasteiger partial charge < -0.3 is 10.2 Å². The van der Waals surface area contributed by atoms with Crippen LogP contribution in [0.4, 0.5) is 0 Å². The van der Waals surface area contributed by atoms with E-state index in [0.29, 0.717) is 13.1 Å². The summed E-state index contributed by atoms with van der Waals surface area (Å²) in [6.45, 7) is 5.27. The summed E-state index contributed by atoms with van der Waals surface area (Å²) in [7, 11) is 0. The van der Waals surface area contributed by atoms with Crippen molar-refractivity contribution < 1.29 is 9.59 Å². The standard InChI is InChI=1S/C10H19ClN2O2/c1-3-5-12-9(14)8-13(6-4-2)10(15)7-11/h3-8H2,1-2H3,(H,12,14). The lowest BCUT2D eigenvalue weighted by molar-refractivity contribution is -0.134. The monoisotopic (exact) mass is 234 g/mol. The molecule has 1 N–H and O–H groups in total. The van der Waals surface area contributed by atoms with Gasteiger partial charge in [0.25, 0.3) is 0 Å². The van der Waals surface area contributed by atoms with Crippen LogP contribution in [-0.2, 0) is 9.59 Å². The second-order valence-corrected chi connectivity index (χ2v) is 3.57. The van der Waals surface area contributed by atoms with Crippen molar-refractivity contribution in [2.24, 2.45) is 0 Å². The SMILES string of the molecule is CCCNC(=O)CN(CCC)C(=O)CCl. The molecule has 5 heteroatoms. The molecule has 0 unspecified atom stereocenters. The average molecular weight is 235 g/mol. The van der Waals surface area contributed by atoms with E-state index in [1.165, 1.54) is 4.90 Å². The third-order valence-electron chi connectivity index (χ3n) is 1.87.